The van der Waals surface area contributed by atoms with Crippen LogP contribution in [0.15, 0.2) is 134 Å². The van der Waals surface area contributed by atoms with Crippen LogP contribution in [-0.4, -0.2) is 24.9 Å². The van der Waals surface area contributed by atoms with Crippen LogP contribution in [0.25, 0.3) is 62.8 Å². The van der Waals surface area contributed by atoms with Crippen molar-refractivity contribution in [2.24, 2.45) is 0 Å². The van der Waals surface area contributed by atoms with Gasteiger partial charge in [0.25, 0.3) is 0 Å². The van der Waals surface area contributed by atoms with E-state index in [1.54, 1.807) is 0 Å². The number of hydrogen-bond acceptors (Lipinski definition) is 5. The predicted molar refractivity (Wildman–Crippen MR) is 209 cm³/mol. The van der Waals surface area contributed by atoms with Gasteiger partial charge in [0.15, 0.2) is 17.5 Å². The van der Waals surface area contributed by atoms with E-state index in [9.17, 15) is 0 Å². The van der Waals surface area contributed by atoms with Crippen molar-refractivity contribution < 1.29 is 0 Å². The van der Waals surface area contributed by atoms with Gasteiger partial charge in [0.1, 0.15) is 0 Å². The van der Waals surface area contributed by atoms with Crippen molar-refractivity contribution in [3.63, 3.8) is 0 Å². The fourth-order valence-corrected chi connectivity index (χ4v) is 6.71. The summed E-state index contributed by atoms with van der Waals surface area (Å²) in [6.45, 7) is 8.72. The topological polar surface area (TPSA) is 64.5 Å². The summed E-state index contributed by atoms with van der Waals surface area (Å²) in [7, 11) is 0. The lowest BCUT2D eigenvalue weighted by atomic mass is 9.89. The minimum atomic E-state index is -0.0613. The molecule has 0 radical (unpaired) electrons. The number of benzene rings is 3. The van der Waals surface area contributed by atoms with Gasteiger partial charge in [0, 0.05) is 39.1 Å². The molecule has 0 saturated carbocycles. The Morgan fingerprint density at radius 2 is 1.22 bits per heavy atom. The minimum absolute atomic E-state index is 0.0613. The molecule has 6 aromatic rings. The second-order valence-electron chi connectivity index (χ2n) is 14.2. The summed E-state index contributed by atoms with van der Waals surface area (Å²) < 4.78 is 0. The van der Waals surface area contributed by atoms with Gasteiger partial charge in [-0.3, -0.25) is 4.98 Å². The van der Waals surface area contributed by atoms with Gasteiger partial charge in [-0.1, -0.05) is 142 Å². The molecule has 0 amide bonds. The zero-order valence-electron chi connectivity index (χ0n) is 29.4. The third-order valence-corrected chi connectivity index (χ3v) is 9.37. The average Bonchev–Trinajstić information content (AvgIpc) is 3.52. The molecule has 0 N–H and O–H groups in total. The van der Waals surface area contributed by atoms with Crippen molar-refractivity contribution >= 4 is 17.2 Å². The normalized spacial score (nSPS) is 13.8. The van der Waals surface area contributed by atoms with E-state index in [0.29, 0.717) is 17.5 Å². The minimum Gasteiger partial charge on any atom is -0.251 e. The van der Waals surface area contributed by atoms with E-state index < -0.39 is 0 Å². The first-order valence-electron chi connectivity index (χ1n) is 17.5. The van der Waals surface area contributed by atoms with Crippen LogP contribution in [-0.2, 0) is 11.8 Å². The summed E-state index contributed by atoms with van der Waals surface area (Å²) in [5.41, 5.74) is 13.8. The van der Waals surface area contributed by atoms with Crippen molar-refractivity contribution in [2.45, 2.75) is 46.0 Å². The molecule has 3 aromatic carbocycles. The summed E-state index contributed by atoms with van der Waals surface area (Å²) >= 11 is 0. The zero-order chi connectivity index (χ0) is 35.0. The number of aryl methyl sites for hydroxylation is 1. The second kappa shape index (κ2) is 13.3. The Kier molecular flexibility index (Phi) is 8.40. The average molecular weight is 662 g/mol. The Morgan fingerprint density at radius 3 is 1.90 bits per heavy atom. The number of pyridine rings is 2. The quantitative estimate of drug-likeness (QED) is 0.184. The number of hydrogen-bond donors (Lipinski definition) is 0. The number of allylic oxidation sites excluding steroid dienone is 7. The molecule has 2 aliphatic carbocycles. The first-order chi connectivity index (χ1) is 24.8. The molecular formula is C46H39N5. The molecule has 0 fully saturated rings. The molecule has 3 heterocycles. The number of rotatable bonds is 5. The molecule has 5 heteroatoms. The van der Waals surface area contributed by atoms with Crippen molar-refractivity contribution in [1.82, 2.24) is 24.9 Å². The Morgan fingerprint density at radius 1 is 0.569 bits per heavy atom. The van der Waals surface area contributed by atoms with Gasteiger partial charge >= 0.3 is 0 Å². The first-order valence-corrected chi connectivity index (χ1v) is 17.5. The van der Waals surface area contributed by atoms with Gasteiger partial charge in [-0.25, -0.2) is 19.9 Å². The molecule has 51 heavy (non-hydrogen) atoms. The lowest BCUT2D eigenvalue weighted by Gasteiger charge is -2.21. The highest BCUT2D eigenvalue weighted by atomic mass is 15.0. The van der Waals surface area contributed by atoms with Gasteiger partial charge in [-0.2, -0.15) is 0 Å². The van der Waals surface area contributed by atoms with Gasteiger partial charge in [-0.05, 0) is 65.8 Å². The molecule has 0 bridgehead atoms. The third kappa shape index (κ3) is 6.63. The van der Waals surface area contributed by atoms with Crippen molar-refractivity contribution in [3.05, 3.63) is 167 Å². The first kappa shape index (κ1) is 32.2. The standard InChI is InChI=1S/C46H39N5/c1-30-27-39(38-24-14-21-31-25-26-40(46(2,3)4)48-41(31)42(38)47-30)36-20-12-11-19-34(28-36)35-22-13-23-37(29-35)45-50-43(32-15-7-5-8-16-32)49-44(51-45)33-17-9-6-10-18-33/h5-19,21-23,25-29H,20,24H2,1-4H3. The van der Waals surface area contributed by atoms with Gasteiger partial charge < -0.3 is 0 Å². The molecule has 5 nitrogen and oxygen atoms in total. The maximum absolute atomic E-state index is 5.21. The summed E-state index contributed by atoms with van der Waals surface area (Å²) in [4.78, 5) is 25.2. The fourth-order valence-electron chi connectivity index (χ4n) is 6.71. The molecule has 2 aliphatic rings. The Hall–Kier alpha value is -6.07. The predicted octanol–water partition coefficient (Wildman–Crippen LogP) is 10.9. The molecule has 248 valence electrons. The molecule has 3 aromatic heterocycles. The Labute approximate surface area is 300 Å². The van der Waals surface area contributed by atoms with Crippen LogP contribution in [0.3, 0.4) is 0 Å². The molecule has 0 saturated heterocycles. The number of nitrogens with zero attached hydrogens (tertiary/aromatic N) is 5. The van der Waals surface area contributed by atoms with Crippen LogP contribution in [0.4, 0.5) is 0 Å². The zero-order valence-corrected chi connectivity index (χ0v) is 29.4. The van der Waals surface area contributed by atoms with Gasteiger partial charge in [0.05, 0.1) is 11.4 Å². The highest BCUT2D eigenvalue weighted by Gasteiger charge is 2.24. The lowest BCUT2D eigenvalue weighted by molar-refractivity contribution is 0.569. The van der Waals surface area contributed by atoms with E-state index in [1.807, 2.05) is 60.7 Å². The lowest BCUT2D eigenvalue weighted by Crippen LogP contribution is -2.14. The van der Waals surface area contributed by atoms with E-state index in [4.69, 9.17) is 24.9 Å². The largest absolute Gasteiger partial charge is 0.251 e. The van der Waals surface area contributed by atoms with Crippen LogP contribution in [0.5, 0.6) is 0 Å². The summed E-state index contributed by atoms with van der Waals surface area (Å²) in [5, 5.41) is 0. The Bertz CT molecular complexity index is 2340. The fraction of sp³-hybridized carbons (Fsp3) is 0.152. The molecule has 0 aliphatic heterocycles. The van der Waals surface area contributed by atoms with E-state index in [2.05, 4.69) is 107 Å². The van der Waals surface area contributed by atoms with Gasteiger partial charge in [-0.15, -0.1) is 0 Å². The van der Waals surface area contributed by atoms with Gasteiger partial charge in [0.2, 0.25) is 0 Å². The molecule has 0 unspecified atom stereocenters. The van der Waals surface area contributed by atoms with Crippen molar-refractivity contribution in [2.75, 3.05) is 0 Å². The van der Waals surface area contributed by atoms with Crippen LogP contribution >= 0.6 is 0 Å². The molecule has 8 rings (SSSR count). The van der Waals surface area contributed by atoms with E-state index in [-0.39, 0.29) is 5.41 Å². The van der Waals surface area contributed by atoms with Crippen LogP contribution in [0.2, 0.25) is 0 Å². The van der Waals surface area contributed by atoms with Crippen molar-refractivity contribution in [1.29, 1.82) is 0 Å². The maximum Gasteiger partial charge on any atom is 0.164 e. The SMILES string of the molecule is Cc1cc(C2=CC(c3cccc(-c4nc(-c5ccccc5)nc(-c5ccccc5)n4)c3)=CC=CC2)c2c(n1)-c1nc(C(C)(C)C)ccc1C=CC2. The summed E-state index contributed by atoms with van der Waals surface area (Å²) in [6, 6.07) is 35.3. The molecular weight excluding hydrogens is 623 g/mol. The number of aromatic nitrogens is 5. The van der Waals surface area contributed by atoms with Crippen LogP contribution in [0, 0.1) is 6.92 Å². The van der Waals surface area contributed by atoms with Crippen molar-refractivity contribution in [3.8, 4) is 45.6 Å². The monoisotopic (exact) mass is 661 g/mol. The summed E-state index contributed by atoms with van der Waals surface area (Å²) in [5.74, 6) is 1.94. The van der Waals surface area contributed by atoms with Crippen LogP contribution in [0.1, 0.15) is 60.8 Å². The smallest absolute Gasteiger partial charge is 0.164 e. The highest BCUT2D eigenvalue weighted by Crippen LogP contribution is 2.38. The summed E-state index contributed by atoms with van der Waals surface area (Å²) in [6.07, 6.45) is 15.0. The number of fused-ring (bicyclic) bond motifs is 3. The molecule has 0 atom stereocenters. The highest BCUT2D eigenvalue weighted by molar-refractivity contribution is 5.89. The Balaban J connectivity index is 1.21. The maximum atomic E-state index is 5.21. The van der Waals surface area contributed by atoms with E-state index >= 15 is 0 Å². The van der Waals surface area contributed by atoms with Crippen LogP contribution < -0.4 is 0 Å². The van der Waals surface area contributed by atoms with E-state index in [1.165, 1.54) is 16.7 Å². The molecule has 0 spiro atoms. The second-order valence-corrected chi connectivity index (χ2v) is 14.2. The third-order valence-electron chi connectivity index (χ3n) is 9.37. The van der Waals surface area contributed by atoms with E-state index in [0.717, 1.165) is 69.0 Å².